The van der Waals surface area contributed by atoms with E-state index >= 15 is 0 Å². The van der Waals surface area contributed by atoms with Crippen molar-refractivity contribution in [2.24, 2.45) is 0 Å². The second kappa shape index (κ2) is 7.29. The topological polar surface area (TPSA) is 73.0 Å². The number of rotatable bonds is 5. The van der Waals surface area contributed by atoms with Gasteiger partial charge in [-0.1, -0.05) is 30.3 Å². The molecule has 2 heterocycles. The number of hydrogen-bond acceptors (Lipinski definition) is 4. The SMILES string of the molecule is Cc1oc(-c2ccccc2)nc1C(=O)Nc1cccc(Cn2ccnc2)c1. The van der Waals surface area contributed by atoms with E-state index in [-0.39, 0.29) is 11.6 Å². The summed E-state index contributed by atoms with van der Waals surface area (Å²) >= 11 is 0. The molecule has 0 saturated carbocycles. The van der Waals surface area contributed by atoms with Crippen molar-refractivity contribution in [2.75, 3.05) is 5.32 Å². The van der Waals surface area contributed by atoms with Gasteiger partial charge < -0.3 is 14.3 Å². The van der Waals surface area contributed by atoms with Gasteiger partial charge in [-0.15, -0.1) is 0 Å². The zero-order chi connectivity index (χ0) is 18.6. The van der Waals surface area contributed by atoms with Gasteiger partial charge in [-0.05, 0) is 36.8 Å². The van der Waals surface area contributed by atoms with Gasteiger partial charge in [-0.25, -0.2) is 9.97 Å². The van der Waals surface area contributed by atoms with E-state index in [1.807, 2.05) is 65.4 Å². The number of anilines is 1. The van der Waals surface area contributed by atoms with Crippen LogP contribution >= 0.6 is 0 Å². The highest BCUT2D eigenvalue weighted by molar-refractivity contribution is 6.03. The molecule has 2 aromatic carbocycles. The number of aromatic nitrogens is 3. The Bertz CT molecular complexity index is 1050. The Kier molecular flexibility index (Phi) is 4.53. The maximum absolute atomic E-state index is 12.7. The second-order valence-corrected chi connectivity index (χ2v) is 6.18. The van der Waals surface area contributed by atoms with E-state index in [1.165, 1.54) is 0 Å². The molecule has 0 unspecified atom stereocenters. The Morgan fingerprint density at radius 2 is 2.00 bits per heavy atom. The van der Waals surface area contributed by atoms with Crippen molar-refractivity contribution < 1.29 is 9.21 Å². The zero-order valence-electron chi connectivity index (χ0n) is 14.8. The largest absolute Gasteiger partial charge is 0.441 e. The monoisotopic (exact) mass is 358 g/mol. The highest BCUT2D eigenvalue weighted by Crippen LogP contribution is 2.22. The number of aryl methyl sites for hydroxylation is 1. The van der Waals surface area contributed by atoms with Crippen LogP contribution in [0.2, 0.25) is 0 Å². The molecule has 0 fully saturated rings. The number of carbonyl (C=O) groups excluding carboxylic acids is 1. The first-order valence-electron chi connectivity index (χ1n) is 8.58. The van der Waals surface area contributed by atoms with E-state index < -0.39 is 0 Å². The fraction of sp³-hybridized carbons (Fsp3) is 0.0952. The van der Waals surface area contributed by atoms with Crippen LogP contribution in [0.25, 0.3) is 11.5 Å². The molecule has 0 spiro atoms. The minimum atomic E-state index is -0.293. The van der Waals surface area contributed by atoms with Crippen LogP contribution in [0.4, 0.5) is 5.69 Å². The molecule has 2 aromatic heterocycles. The molecule has 27 heavy (non-hydrogen) atoms. The molecule has 0 atom stereocenters. The summed E-state index contributed by atoms with van der Waals surface area (Å²) in [7, 11) is 0. The molecule has 6 heteroatoms. The number of imidazole rings is 1. The van der Waals surface area contributed by atoms with E-state index in [9.17, 15) is 4.79 Å². The predicted octanol–water partition coefficient (Wildman–Crippen LogP) is 4.15. The van der Waals surface area contributed by atoms with Crippen molar-refractivity contribution >= 4 is 11.6 Å². The van der Waals surface area contributed by atoms with Gasteiger partial charge in [-0.3, -0.25) is 4.79 Å². The quantitative estimate of drug-likeness (QED) is 0.582. The van der Waals surface area contributed by atoms with E-state index in [1.54, 1.807) is 19.4 Å². The maximum Gasteiger partial charge on any atom is 0.277 e. The molecule has 0 bridgehead atoms. The average molecular weight is 358 g/mol. The molecule has 0 aliphatic rings. The molecule has 0 aliphatic carbocycles. The Morgan fingerprint density at radius 3 is 2.78 bits per heavy atom. The minimum Gasteiger partial charge on any atom is -0.441 e. The Morgan fingerprint density at radius 1 is 1.15 bits per heavy atom. The van der Waals surface area contributed by atoms with Crippen molar-refractivity contribution in [3.63, 3.8) is 0 Å². The van der Waals surface area contributed by atoms with Crippen molar-refractivity contribution in [3.8, 4) is 11.5 Å². The number of nitrogens with one attached hydrogen (secondary N) is 1. The van der Waals surface area contributed by atoms with Gasteiger partial charge in [0.15, 0.2) is 5.69 Å². The molecule has 4 rings (SSSR count). The third-order valence-corrected chi connectivity index (χ3v) is 4.14. The first-order chi connectivity index (χ1) is 13.2. The summed E-state index contributed by atoms with van der Waals surface area (Å²) in [6.45, 7) is 2.43. The van der Waals surface area contributed by atoms with Crippen LogP contribution in [0.1, 0.15) is 21.8 Å². The summed E-state index contributed by atoms with van der Waals surface area (Å²) in [5, 5.41) is 2.90. The van der Waals surface area contributed by atoms with Gasteiger partial charge >= 0.3 is 0 Å². The van der Waals surface area contributed by atoms with Crippen LogP contribution < -0.4 is 5.32 Å². The Hall–Kier alpha value is -3.67. The maximum atomic E-state index is 12.7. The van der Waals surface area contributed by atoms with Crippen LogP contribution in [0.5, 0.6) is 0 Å². The fourth-order valence-corrected chi connectivity index (χ4v) is 2.84. The van der Waals surface area contributed by atoms with Crippen LogP contribution in [-0.4, -0.2) is 20.4 Å². The van der Waals surface area contributed by atoms with Gasteiger partial charge in [0.1, 0.15) is 5.76 Å². The van der Waals surface area contributed by atoms with Gasteiger partial charge in [0.05, 0.1) is 6.33 Å². The number of oxazole rings is 1. The Balaban J connectivity index is 1.52. The summed E-state index contributed by atoms with van der Waals surface area (Å²) in [5.41, 5.74) is 2.89. The molecule has 134 valence electrons. The fourth-order valence-electron chi connectivity index (χ4n) is 2.84. The molecule has 4 aromatic rings. The smallest absolute Gasteiger partial charge is 0.277 e. The van der Waals surface area contributed by atoms with Gasteiger partial charge in [-0.2, -0.15) is 0 Å². The third kappa shape index (κ3) is 3.79. The number of amides is 1. The van der Waals surface area contributed by atoms with Gasteiger partial charge in [0.25, 0.3) is 5.91 Å². The van der Waals surface area contributed by atoms with E-state index in [4.69, 9.17) is 4.42 Å². The molecule has 0 saturated heterocycles. The van der Waals surface area contributed by atoms with E-state index in [0.717, 1.165) is 11.1 Å². The van der Waals surface area contributed by atoms with Crippen LogP contribution in [-0.2, 0) is 6.54 Å². The minimum absolute atomic E-state index is 0.286. The predicted molar refractivity (Wildman–Crippen MR) is 102 cm³/mol. The third-order valence-electron chi connectivity index (χ3n) is 4.14. The number of benzene rings is 2. The van der Waals surface area contributed by atoms with E-state index in [2.05, 4.69) is 15.3 Å². The lowest BCUT2D eigenvalue weighted by Gasteiger charge is -2.07. The average Bonchev–Trinajstić information content (AvgIpc) is 3.32. The number of nitrogens with zero attached hydrogens (tertiary/aromatic N) is 3. The molecule has 1 N–H and O–H groups in total. The summed E-state index contributed by atoms with van der Waals surface area (Å²) in [4.78, 5) is 21.1. The number of carbonyl (C=O) groups is 1. The molecular formula is C21H18N4O2. The highest BCUT2D eigenvalue weighted by Gasteiger charge is 2.18. The van der Waals surface area contributed by atoms with E-state index in [0.29, 0.717) is 23.9 Å². The summed E-state index contributed by atoms with van der Waals surface area (Å²) in [6.07, 6.45) is 5.40. The lowest BCUT2D eigenvalue weighted by Crippen LogP contribution is -2.13. The second-order valence-electron chi connectivity index (χ2n) is 6.18. The molecule has 0 radical (unpaired) electrons. The number of hydrogen-bond donors (Lipinski definition) is 1. The van der Waals surface area contributed by atoms with Crippen molar-refractivity contribution in [1.29, 1.82) is 0 Å². The first-order valence-corrected chi connectivity index (χ1v) is 8.58. The molecule has 1 amide bonds. The van der Waals surface area contributed by atoms with Crippen LogP contribution in [0.3, 0.4) is 0 Å². The van der Waals surface area contributed by atoms with Gasteiger partial charge in [0.2, 0.25) is 5.89 Å². The summed E-state index contributed by atoms with van der Waals surface area (Å²) in [6, 6.07) is 17.2. The van der Waals surface area contributed by atoms with Crippen LogP contribution in [0.15, 0.2) is 77.7 Å². The van der Waals surface area contributed by atoms with Crippen molar-refractivity contribution in [1.82, 2.24) is 14.5 Å². The molecule has 6 nitrogen and oxygen atoms in total. The lowest BCUT2D eigenvalue weighted by molar-refractivity contribution is 0.102. The van der Waals surface area contributed by atoms with Crippen molar-refractivity contribution in [2.45, 2.75) is 13.5 Å². The lowest BCUT2D eigenvalue weighted by atomic mass is 10.2. The van der Waals surface area contributed by atoms with Crippen LogP contribution in [0, 0.1) is 6.92 Å². The normalized spacial score (nSPS) is 10.7. The van der Waals surface area contributed by atoms with Gasteiger partial charge in [0, 0.05) is 30.2 Å². The molecular weight excluding hydrogens is 340 g/mol. The van der Waals surface area contributed by atoms with Crippen molar-refractivity contribution in [3.05, 3.63) is 90.3 Å². The summed E-state index contributed by atoms with van der Waals surface area (Å²) in [5.74, 6) is 0.631. The Labute approximate surface area is 156 Å². The highest BCUT2D eigenvalue weighted by atomic mass is 16.4. The standard InChI is InChI=1S/C21H18N4O2/c1-15-19(24-21(27-15)17-7-3-2-4-8-17)20(26)23-18-9-5-6-16(12-18)13-25-11-10-22-14-25/h2-12,14H,13H2,1H3,(H,23,26). The molecule has 0 aliphatic heterocycles. The summed E-state index contributed by atoms with van der Waals surface area (Å²) < 4.78 is 7.64. The zero-order valence-corrected chi connectivity index (χ0v) is 14.8. The first kappa shape index (κ1) is 16.8.